The topological polar surface area (TPSA) is 112 Å². The van der Waals surface area contributed by atoms with Gasteiger partial charge >= 0.3 is 0 Å². The van der Waals surface area contributed by atoms with E-state index in [2.05, 4.69) is 25.7 Å². The Hall–Kier alpha value is -3.05. The Kier molecular flexibility index (Phi) is 8.51. The van der Waals surface area contributed by atoms with Crippen LogP contribution in [0, 0.1) is 0 Å². The Bertz CT molecular complexity index is 1060. The van der Waals surface area contributed by atoms with Crippen molar-refractivity contribution in [3.8, 4) is 11.5 Å². The number of anilines is 1. The standard InChI is InChI=1S/C21H28N6O4S/c1-5-31-11-9-22-18-16-13-24-27(19(16)26-21(25-18)32-4)10-8-23-20(28)15-7-6-14(29-2)12-17(15)30-3/h6-7,12-13H,5,8-11H2,1-4H3,(H,23,28)(H,22,25,26). The molecule has 2 aromatic heterocycles. The summed E-state index contributed by atoms with van der Waals surface area (Å²) in [5, 5.41) is 12.1. The number of methoxy groups -OCH3 is 2. The second kappa shape index (κ2) is 11.5. The molecule has 0 fully saturated rings. The summed E-state index contributed by atoms with van der Waals surface area (Å²) >= 11 is 1.46. The van der Waals surface area contributed by atoms with Crippen molar-refractivity contribution < 1.29 is 19.0 Å². The lowest BCUT2D eigenvalue weighted by Gasteiger charge is -2.11. The van der Waals surface area contributed by atoms with Crippen molar-refractivity contribution in [3.63, 3.8) is 0 Å². The maximum absolute atomic E-state index is 12.6. The van der Waals surface area contributed by atoms with Gasteiger partial charge < -0.3 is 24.8 Å². The van der Waals surface area contributed by atoms with E-state index in [-0.39, 0.29) is 5.91 Å². The third-order valence-electron chi connectivity index (χ3n) is 4.66. The second-order valence-electron chi connectivity index (χ2n) is 6.61. The maximum atomic E-state index is 12.6. The number of carbonyl (C=O) groups excluding carboxylic acids is 1. The highest BCUT2D eigenvalue weighted by Gasteiger charge is 2.15. The summed E-state index contributed by atoms with van der Waals surface area (Å²) in [6.45, 7) is 4.68. The van der Waals surface area contributed by atoms with Crippen molar-refractivity contribution in [1.29, 1.82) is 0 Å². The largest absolute Gasteiger partial charge is 0.497 e. The van der Waals surface area contributed by atoms with E-state index in [0.29, 0.717) is 60.7 Å². The Labute approximate surface area is 191 Å². The number of benzene rings is 1. The minimum Gasteiger partial charge on any atom is -0.497 e. The average Bonchev–Trinajstić information content (AvgIpc) is 3.24. The number of fused-ring (bicyclic) bond motifs is 1. The van der Waals surface area contributed by atoms with Gasteiger partial charge in [0.2, 0.25) is 0 Å². The molecule has 0 bridgehead atoms. The van der Waals surface area contributed by atoms with Crippen LogP contribution in [0.25, 0.3) is 11.0 Å². The van der Waals surface area contributed by atoms with E-state index < -0.39 is 0 Å². The Morgan fingerprint density at radius 2 is 2.03 bits per heavy atom. The fourth-order valence-electron chi connectivity index (χ4n) is 3.07. The zero-order valence-corrected chi connectivity index (χ0v) is 19.5. The Morgan fingerprint density at radius 3 is 2.75 bits per heavy atom. The maximum Gasteiger partial charge on any atom is 0.255 e. The van der Waals surface area contributed by atoms with E-state index in [1.54, 1.807) is 36.2 Å². The number of ether oxygens (including phenoxy) is 3. The first kappa shape index (κ1) is 23.6. The Morgan fingerprint density at radius 1 is 1.19 bits per heavy atom. The van der Waals surface area contributed by atoms with Gasteiger partial charge in [-0.1, -0.05) is 11.8 Å². The van der Waals surface area contributed by atoms with Gasteiger partial charge in [0.15, 0.2) is 10.8 Å². The van der Waals surface area contributed by atoms with E-state index in [1.165, 1.54) is 18.9 Å². The number of rotatable bonds is 12. The highest BCUT2D eigenvalue weighted by molar-refractivity contribution is 7.98. The van der Waals surface area contributed by atoms with Crippen LogP contribution in [0.1, 0.15) is 17.3 Å². The van der Waals surface area contributed by atoms with Gasteiger partial charge in [0.05, 0.1) is 44.5 Å². The molecule has 3 rings (SSSR count). The van der Waals surface area contributed by atoms with Crippen LogP contribution in [0.2, 0.25) is 0 Å². The lowest BCUT2D eigenvalue weighted by atomic mass is 10.1. The monoisotopic (exact) mass is 460 g/mol. The molecule has 0 aliphatic heterocycles. The summed E-state index contributed by atoms with van der Waals surface area (Å²) in [4.78, 5) is 21.8. The number of aromatic nitrogens is 4. The lowest BCUT2D eigenvalue weighted by molar-refractivity contribution is 0.0949. The zero-order chi connectivity index (χ0) is 22.9. The SMILES string of the molecule is CCOCCNc1nc(SC)nc2c1cnn2CCNC(=O)c1ccc(OC)cc1OC. The van der Waals surface area contributed by atoms with Crippen LogP contribution in [0.5, 0.6) is 11.5 Å². The minimum absolute atomic E-state index is 0.237. The summed E-state index contributed by atoms with van der Waals surface area (Å²) < 4.78 is 17.6. The highest BCUT2D eigenvalue weighted by Crippen LogP contribution is 2.25. The number of nitrogens with one attached hydrogen (secondary N) is 2. The van der Waals surface area contributed by atoms with Crippen LogP contribution in [-0.4, -0.2) is 72.4 Å². The van der Waals surface area contributed by atoms with Gasteiger partial charge in [-0.25, -0.2) is 14.6 Å². The molecule has 11 heteroatoms. The third-order valence-corrected chi connectivity index (χ3v) is 5.21. The molecule has 1 amide bonds. The van der Waals surface area contributed by atoms with Gasteiger partial charge in [-0.3, -0.25) is 4.79 Å². The van der Waals surface area contributed by atoms with Crippen LogP contribution < -0.4 is 20.1 Å². The number of hydrogen-bond donors (Lipinski definition) is 2. The summed E-state index contributed by atoms with van der Waals surface area (Å²) in [6, 6.07) is 5.07. The summed E-state index contributed by atoms with van der Waals surface area (Å²) in [6.07, 6.45) is 3.66. The number of nitrogens with zero attached hydrogens (tertiary/aromatic N) is 4. The average molecular weight is 461 g/mol. The van der Waals surface area contributed by atoms with E-state index >= 15 is 0 Å². The molecule has 0 aliphatic rings. The number of thioether (sulfide) groups is 1. The van der Waals surface area contributed by atoms with Crippen LogP contribution in [0.15, 0.2) is 29.6 Å². The molecular formula is C21H28N6O4S. The summed E-state index contributed by atoms with van der Waals surface area (Å²) in [5.41, 5.74) is 1.14. The normalized spacial score (nSPS) is 10.9. The van der Waals surface area contributed by atoms with E-state index in [4.69, 9.17) is 14.2 Å². The van der Waals surface area contributed by atoms with E-state index in [0.717, 1.165) is 11.2 Å². The van der Waals surface area contributed by atoms with Gasteiger partial charge in [-0.05, 0) is 25.3 Å². The van der Waals surface area contributed by atoms with Crippen molar-refractivity contribution >= 4 is 34.5 Å². The first-order valence-corrected chi connectivity index (χ1v) is 11.4. The molecule has 0 atom stereocenters. The smallest absolute Gasteiger partial charge is 0.255 e. The molecule has 10 nitrogen and oxygen atoms in total. The highest BCUT2D eigenvalue weighted by atomic mass is 32.2. The molecule has 2 N–H and O–H groups in total. The first-order valence-electron chi connectivity index (χ1n) is 10.2. The van der Waals surface area contributed by atoms with Crippen molar-refractivity contribution in [2.45, 2.75) is 18.6 Å². The molecule has 172 valence electrons. The molecule has 0 radical (unpaired) electrons. The predicted molar refractivity (Wildman–Crippen MR) is 124 cm³/mol. The summed E-state index contributed by atoms with van der Waals surface area (Å²) in [7, 11) is 3.08. The molecule has 32 heavy (non-hydrogen) atoms. The molecule has 1 aromatic carbocycles. The lowest BCUT2D eigenvalue weighted by Crippen LogP contribution is -2.28. The number of carbonyl (C=O) groups is 1. The van der Waals surface area contributed by atoms with Gasteiger partial charge in [0.25, 0.3) is 5.91 Å². The van der Waals surface area contributed by atoms with Crippen molar-refractivity contribution in [3.05, 3.63) is 30.0 Å². The van der Waals surface area contributed by atoms with Gasteiger partial charge in [-0.15, -0.1) is 0 Å². The predicted octanol–water partition coefficient (Wildman–Crippen LogP) is 2.44. The molecule has 0 spiro atoms. The van der Waals surface area contributed by atoms with Gasteiger partial charge in [0.1, 0.15) is 17.3 Å². The second-order valence-corrected chi connectivity index (χ2v) is 7.38. The van der Waals surface area contributed by atoms with Gasteiger partial charge in [0, 0.05) is 25.8 Å². The minimum atomic E-state index is -0.237. The molecule has 0 saturated heterocycles. The van der Waals surface area contributed by atoms with Crippen molar-refractivity contribution in [2.75, 3.05) is 52.1 Å². The molecule has 0 aliphatic carbocycles. The molecule has 3 aromatic rings. The fraction of sp³-hybridized carbons (Fsp3) is 0.429. The van der Waals surface area contributed by atoms with E-state index in [1.807, 2.05) is 13.2 Å². The Balaban J connectivity index is 1.69. The van der Waals surface area contributed by atoms with Crippen LogP contribution >= 0.6 is 11.8 Å². The van der Waals surface area contributed by atoms with Crippen molar-refractivity contribution in [2.24, 2.45) is 0 Å². The third kappa shape index (κ3) is 5.60. The number of hydrogen-bond acceptors (Lipinski definition) is 9. The van der Waals surface area contributed by atoms with Crippen LogP contribution in [0.4, 0.5) is 5.82 Å². The quantitative estimate of drug-likeness (QED) is 0.239. The van der Waals surface area contributed by atoms with E-state index in [9.17, 15) is 4.79 Å². The molecular weight excluding hydrogens is 432 g/mol. The fourth-order valence-corrected chi connectivity index (χ4v) is 3.43. The molecule has 0 saturated carbocycles. The first-order chi connectivity index (χ1) is 15.6. The molecule has 0 unspecified atom stereocenters. The van der Waals surface area contributed by atoms with Crippen LogP contribution in [0.3, 0.4) is 0 Å². The van der Waals surface area contributed by atoms with Crippen LogP contribution in [-0.2, 0) is 11.3 Å². The molecule has 2 heterocycles. The summed E-state index contributed by atoms with van der Waals surface area (Å²) in [5.74, 6) is 1.55. The van der Waals surface area contributed by atoms with Crippen molar-refractivity contribution in [1.82, 2.24) is 25.1 Å². The zero-order valence-electron chi connectivity index (χ0n) is 18.7. The van der Waals surface area contributed by atoms with Gasteiger partial charge in [-0.2, -0.15) is 5.10 Å². The number of amides is 1.